The second-order valence-corrected chi connectivity index (χ2v) is 4.91. The Bertz CT molecular complexity index is 535. The van der Waals surface area contributed by atoms with Gasteiger partial charge >= 0.3 is 11.7 Å². The summed E-state index contributed by atoms with van der Waals surface area (Å²) in [6.45, 7) is 1.17. The van der Waals surface area contributed by atoms with E-state index < -0.39 is 22.4 Å². The summed E-state index contributed by atoms with van der Waals surface area (Å²) in [6.07, 6.45) is 1.78. The number of aliphatic carboxylic acids is 1. The molecule has 1 aromatic carbocycles. The molecule has 1 aliphatic rings. The van der Waals surface area contributed by atoms with Crippen molar-refractivity contribution in [1.29, 1.82) is 0 Å². The number of likely N-dealkylation sites (tertiary alicyclic amines) is 1. The zero-order valence-electron chi connectivity index (χ0n) is 10.8. The van der Waals surface area contributed by atoms with Crippen molar-refractivity contribution in [3.8, 4) is 0 Å². The van der Waals surface area contributed by atoms with E-state index in [0.29, 0.717) is 12.1 Å². The normalized spacial score (nSPS) is 19.1. The highest BCUT2D eigenvalue weighted by atomic mass is 19.1. The quantitative estimate of drug-likeness (QED) is 0.661. The van der Waals surface area contributed by atoms with Crippen LogP contribution in [0.25, 0.3) is 0 Å². The standard InChI is InChI=1S/C13H15FN2O4/c14-11-6-9(3-4-12(11)16(19)20)8-15-5-1-2-10(15)7-13(17)18/h3-4,6,10H,1-2,5,7-8H2,(H,17,18). The van der Waals surface area contributed by atoms with Crippen molar-refractivity contribution in [3.05, 3.63) is 39.7 Å². The fraction of sp³-hybridized carbons (Fsp3) is 0.462. The summed E-state index contributed by atoms with van der Waals surface area (Å²) in [6, 6.07) is 3.75. The first-order chi connectivity index (χ1) is 9.47. The van der Waals surface area contributed by atoms with Gasteiger partial charge in [0.1, 0.15) is 0 Å². The Balaban J connectivity index is 2.07. The number of hydrogen-bond donors (Lipinski definition) is 1. The average molecular weight is 282 g/mol. The summed E-state index contributed by atoms with van der Waals surface area (Å²) in [5, 5.41) is 19.4. The molecule has 1 saturated heterocycles. The maximum atomic E-state index is 13.5. The van der Waals surface area contributed by atoms with E-state index in [4.69, 9.17) is 5.11 Å². The Morgan fingerprint density at radius 3 is 2.90 bits per heavy atom. The average Bonchev–Trinajstić information content (AvgIpc) is 2.75. The maximum Gasteiger partial charge on any atom is 0.304 e. The molecule has 0 spiro atoms. The lowest BCUT2D eigenvalue weighted by Crippen LogP contribution is -2.30. The lowest BCUT2D eigenvalue weighted by atomic mass is 10.1. The first kappa shape index (κ1) is 14.4. The Morgan fingerprint density at radius 2 is 2.30 bits per heavy atom. The molecule has 1 fully saturated rings. The second kappa shape index (κ2) is 5.96. The van der Waals surface area contributed by atoms with Gasteiger partial charge in [-0.2, -0.15) is 4.39 Å². The van der Waals surface area contributed by atoms with Crippen LogP contribution in [0.5, 0.6) is 0 Å². The van der Waals surface area contributed by atoms with Crippen LogP contribution in [0.3, 0.4) is 0 Å². The van der Waals surface area contributed by atoms with Crippen molar-refractivity contribution in [2.24, 2.45) is 0 Å². The van der Waals surface area contributed by atoms with E-state index in [1.807, 2.05) is 4.90 Å². The van der Waals surface area contributed by atoms with Crippen LogP contribution in [0.2, 0.25) is 0 Å². The first-order valence-electron chi connectivity index (χ1n) is 6.36. The number of hydrogen-bond acceptors (Lipinski definition) is 4. The van der Waals surface area contributed by atoms with Gasteiger partial charge in [0.15, 0.2) is 0 Å². The van der Waals surface area contributed by atoms with Crippen LogP contribution in [-0.2, 0) is 11.3 Å². The van der Waals surface area contributed by atoms with E-state index in [2.05, 4.69) is 0 Å². The molecule has 7 heteroatoms. The van der Waals surface area contributed by atoms with Crippen molar-refractivity contribution < 1.29 is 19.2 Å². The highest BCUT2D eigenvalue weighted by Crippen LogP contribution is 2.24. The van der Waals surface area contributed by atoms with E-state index in [0.717, 1.165) is 31.5 Å². The van der Waals surface area contributed by atoms with Gasteiger partial charge in [-0.15, -0.1) is 0 Å². The molecule has 6 nitrogen and oxygen atoms in total. The molecule has 0 aliphatic carbocycles. The van der Waals surface area contributed by atoms with Gasteiger partial charge in [0.25, 0.3) is 0 Å². The maximum absolute atomic E-state index is 13.5. The van der Waals surface area contributed by atoms with Gasteiger partial charge in [0, 0.05) is 18.7 Å². The molecule has 1 aromatic rings. The fourth-order valence-electron chi connectivity index (χ4n) is 2.57. The van der Waals surface area contributed by atoms with Gasteiger partial charge in [0.2, 0.25) is 5.82 Å². The summed E-state index contributed by atoms with van der Waals surface area (Å²) in [5.41, 5.74) is 0.0719. The molecule has 1 atom stereocenters. The smallest absolute Gasteiger partial charge is 0.304 e. The number of carbonyl (C=O) groups is 1. The summed E-state index contributed by atoms with van der Waals surface area (Å²) in [7, 11) is 0. The van der Waals surface area contributed by atoms with E-state index in [1.165, 1.54) is 6.07 Å². The fourth-order valence-corrected chi connectivity index (χ4v) is 2.57. The van der Waals surface area contributed by atoms with Crippen LogP contribution in [-0.4, -0.2) is 33.5 Å². The van der Waals surface area contributed by atoms with Gasteiger partial charge in [-0.1, -0.05) is 6.07 Å². The summed E-state index contributed by atoms with van der Waals surface area (Å²) in [4.78, 5) is 22.5. The third kappa shape index (κ3) is 3.30. The van der Waals surface area contributed by atoms with Crippen molar-refractivity contribution in [2.75, 3.05) is 6.54 Å². The number of benzene rings is 1. The Morgan fingerprint density at radius 1 is 1.55 bits per heavy atom. The minimum absolute atomic E-state index is 0.0502. The van der Waals surface area contributed by atoms with Crippen LogP contribution in [0.1, 0.15) is 24.8 Å². The largest absolute Gasteiger partial charge is 0.481 e. The number of nitrogens with zero attached hydrogens (tertiary/aromatic N) is 2. The second-order valence-electron chi connectivity index (χ2n) is 4.91. The molecule has 0 amide bonds. The molecule has 108 valence electrons. The van der Waals surface area contributed by atoms with Crippen LogP contribution < -0.4 is 0 Å². The van der Waals surface area contributed by atoms with E-state index in [9.17, 15) is 19.3 Å². The monoisotopic (exact) mass is 282 g/mol. The number of halogens is 1. The number of rotatable bonds is 5. The molecule has 2 rings (SSSR count). The van der Waals surface area contributed by atoms with Crippen molar-refractivity contribution in [2.45, 2.75) is 31.8 Å². The topological polar surface area (TPSA) is 83.7 Å². The van der Waals surface area contributed by atoms with Gasteiger partial charge in [-0.05, 0) is 31.0 Å². The molecule has 1 N–H and O–H groups in total. The van der Waals surface area contributed by atoms with Crippen molar-refractivity contribution in [3.63, 3.8) is 0 Å². The third-order valence-electron chi connectivity index (χ3n) is 3.50. The number of carboxylic acids is 1. The Labute approximate surface area is 115 Å². The number of nitro groups is 1. The number of nitro benzene ring substituents is 1. The van der Waals surface area contributed by atoms with Crippen molar-refractivity contribution in [1.82, 2.24) is 4.90 Å². The molecular formula is C13H15FN2O4. The van der Waals surface area contributed by atoms with Crippen LogP contribution in [0.15, 0.2) is 18.2 Å². The van der Waals surface area contributed by atoms with Gasteiger partial charge in [-0.25, -0.2) is 0 Å². The third-order valence-corrected chi connectivity index (χ3v) is 3.50. The van der Waals surface area contributed by atoms with E-state index >= 15 is 0 Å². The predicted molar refractivity (Wildman–Crippen MR) is 68.7 cm³/mol. The molecular weight excluding hydrogens is 267 g/mol. The Hall–Kier alpha value is -2.02. The molecule has 1 heterocycles. The zero-order valence-corrected chi connectivity index (χ0v) is 10.8. The van der Waals surface area contributed by atoms with E-state index in [1.54, 1.807) is 0 Å². The molecule has 0 bridgehead atoms. The van der Waals surface area contributed by atoms with Gasteiger partial charge in [-0.3, -0.25) is 19.8 Å². The van der Waals surface area contributed by atoms with Crippen LogP contribution >= 0.6 is 0 Å². The summed E-state index contributed by atoms with van der Waals surface area (Å²) >= 11 is 0. The summed E-state index contributed by atoms with van der Waals surface area (Å²) < 4.78 is 13.5. The Kier molecular flexibility index (Phi) is 4.29. The lowest BCUT2D eigenvalue weighted by molar-refractivity contribution is -0.387. The SMILES string of the molecule is O=C(O)CC1CCCN1Cc1ccc([N+](=O)[O-])c(F)c1. The van der Waals surface area contributed by atoms with Crippen LogP contribution in [0.4, 0.5) is 10.1 Å². The molecule has 0 saturated carbocycles. The molecule has 1 aliphatic heterocycles. The van der Waals surface area contributed by atoms with E-state index in [-0.39, 0.29) is 12.5 Å². The number of carboxylic acid groups (broad SMARTS) is 1. The first-order valence-corrected chi connectivity index (χ1v) is 6.36. The molecule has 0 radical (unpaired) electrons. The highest BCUT2D eigenvalue weighted by molar-refractivity contribution is 5.67. The molecule has 20 heavy (non-hydrogen) atoms. The van der Waals surface area contributed by atoms with Gasteiger partial charge < -0.3 is 5.11 Å². The van der Waals surface area contributed by atoms with Crippen LogP contribution in [0, 0.1) is 15.9 Å². The minimum atomic E-state index is -0.860. The zero-order chi connectivity index (χ0) is 14.7. The predicted octanol–water partition coefficient (Wildman–Crippen LogP) is 2.17. The lowest BCUT2D eigenvalue weighted by Gasteiger charge is -2.23. The highest BCUT2D eigenvalue weighted by Gasteiger charge is 2.27. The molecule has 1 unspecified atom stereocenters. The summed E-state index contributed by atoms with van der Waals surface area (Å²) in [5.74, 6) is -1.71. The van der Waals surface area contributed by atoms with Gasteiger partial charge in [0.05, 0.1) is 11.3 Å². The minimum Gasteiger partial charge on any atom is -0.481 e. The van der Waals surface area contributed by atoms with Crippen molar-refractivity contribution >= 4 is 11.7 Å². The molecule has 0 aromatic heterocycles.